The highest BCUT2D eigenvalue weighted by molar-refractivity contribution is 5.94. The van der Waals surface area contributed by atoms with Gasteiger partial charge in [0.1, 0.15) is 11.1 Å². The average Bonchev–Trinajstić information content (AvgIpc) is 3.29. The van der Waals surface area contributed by atoms with E-state index in [9.17, 15) is 9.59 Å². The lowest BCUT2D eigenvalue weighted by Gasteiger charge is -2.44. The van der Waals surface area contributed by atoms with Crippen LogP contribution in [0.15, 0.2) is 40.8 Å². The summed E-state index contributed by atoms with van der Waals surface area (Å²) in [6.07, 6.45) is 1.35. The van der Waals surface area contributed by atoms with Gasteiger partial charge in [-0.15, -0.1) is 0 Å². The zero-order chi connectivity index (χ0) is 28.5. The molecule has 2 aromatic carbocycles. The van der Waals surface area contributed by atoms with E-state index >= 15 is 0 Å². The Labute approximate surface area is 231 Å². The van der Waals surface area contributed by atoms with Crippen molar-refractivity contribution in [3.8, 4) is 11.5 Å². The molecule has 1 fully saturated rings. The van der Waals surface area contributed by atoms with Crippen LogP contribution in [0.1, 0.15) is 83.1 Å². The Kier molecular flexibility index (Phi) is 7.96. The van der Waals surface area contributed by atoms with Gasteiger partial charge in [-0.3, -0.25) is 4.79 Å². The molecule has 0 radical (unpaired) electrons. The number of rotatable bonds is 6. The van der Waals surface area contributed by atoms with Crippen molar-refractivity contribution in [1.29, 1.82) is 0 Å². The van der Waals surface area contributed by atoms with Gasteiger partial charge in [-0.2, -0.15) is 0 Å². The molecule has 0 bridgehead atoms. The molecule has 0 spiro atoms. The molecule has 1 saturated heterocycles. The minimum atomic E-state index is -0.515. The predicted octanol–water partition coefficient (Wildman–Crippen LogP) is 6.60. The van der Waals surface area contributed by atoms with Crippen LogP contribution in [-0.2, 0) is 4.74 Å². The quantitative estimate of drug-likeness (QED) is 0.345. The second kappa shape index (κ2) is 10.9. The number of ether oxygens (including phenoxy) is 1. The number of hydrogen-bond acceptors (Lipinski definition) is 6. The number of nitrogens with zero attached hydrogens (tertiary/aromatic N) is 2. The van der Waals surface area contributed by atoms with Crippen LogP contribution in [0.4, 0.5) is 10.5 Å². The number of oxazole rings is 1. The largest absolute Gasteiger partial charge is 0.444 e. The van der Waals surface area contributed by atoms with Crippen molar-refractivity contribution >= 4 is 28.8 Å². The molecule has 0 unspecified atom stereocenters. The maximum absolute atomic E-state index is 13.1. The van der Waals surface area contributed by atoms with Crippen molar-refractivity contribution in [3.05, 3.63) is 47.5 Å². The van der Waals surface area contributed by atoms with E-state index in [1.165, 1.54) is 0 Å². The summed E-state index contributed by atoms with van der Waals surface area (Å²) in [6.45, 7) is 16.0. The first-order valence-electron chi connectivity index (χ1n) is 13.8. The first-order chi connectivity index (χ1) is 18.3. The highest BCUT2D eigenvalue weighted by Crippen LogP contribution is 2.39. The molecule has 1 aromatic heterocycles. The first kappa shape index (κ1) is 28.5. The number of nitrogens with two attached hydrogens (primary N) is 1. The van der Waals surface area contributed by atoms with Crippen LogP contribution in [-0.4, -0.2) is 47.1 Å². The summed E-state index contributed by atoms with van der Waals surface area (Å²) in [5.41, 5.74) is 10.00. The minimum absolute atomic E-state index is 0.0811. The Morgan fingerprint density at radius 2 is 1.74 bits per heavy atom. The first-order valence-corrected chi connectivity index (χ1v) is 13.8. The number of nitrogen functional groups attached to an aromatic ring is 1. The molecule has 3 aromatic rings. The van der Waals surface area contributed by atoms with E-state index in [1.807, 2.05) is 45.0 Å². The second-order valence-corrected chi connectivity index (χ2v) is 12.4. The number of benzene rings is 2. The number of nitrogens with one attached hydrogen (secondary N) is 1. The van der Waals surface area contributed by atoms with Crippen molar-refractivity contribution in [3.63, 3.8) is 0 Å². The molecule has 8 heteroatoms. The smallest absolute Gasteiger partial charge is 0.410 e. The Morgan fingerprint density at radius 3 is 2.31 bits per heavy atom. The summed E-state index contributed by atoms with van der Waals surface area (Å²) in [5.74, 6) is 0.981. The summed E-state index contributed by atoms with van der Waals surface area (Å²) < 4.78 is 11.7. The molecular weight excluding hydrogens is 492 g/mol. The summed E-state index contributed by atoms with van der Waals surface area (Å²) in [5, 5.41) is 3.15. The van der Waals surface area contributed by atoms with E-state index in [4.69, 9.17) is 14.9 Å². The third-order valence-electron chi connectivity index (χ3n) is 7.79. The lowest BCUT2D eigenvalue weighted by Crippen LogP contribution is -2.51. The molecule has 4 rings (SSSR count). The Balaban J connectivity index is 1.41. The number of likely N-dealkylation sites (tertiary alicyclic amines) is 1. The van der Waals surface area contributed by atoms with Crippen molar-refractivity contribution in [2.24, 2.45) is 11.3 Å². The standard InChI is InChI=1S/C31H42N4O4/c1-19(2)24-16-23(32)17-25-26(24)38-28(34-25)22-10-8-21(9-11-22)27(36)33-18-31(20(3)4)12-14-35(15-13-31)29(37)39-30(5,6)7/h8-11,16-17,19-20H,12-15,18,32H2,1-7H3,(H,33,36). The number of carbonyl (C=O) groups excluding carboxylic acids is 2. The average molecular weight is 535 g/mol. The van der Waals surface area contributed by atoms with Gasteiger partial charge in [-0.05, 0) is 87.3 Å². The van der Waals surface area contributed by atoms with Crippen LogP contribution < -0.4 is 11.1 Å². The molecule has 0 atom stereocenters. The molecule has 2 heterocycles. The van der Waals surface area contributed by atoms with Gasteiger partial charge in [0.25, 0.3) is 5.91 Å². The molecule has 39 heavy (non-hydrogen) atoms. The van der Waals surface area contributed by atoms with Gasteiger partial charge < -0.3 is 25.1 Å². The number of fused-ring (bicyclic) bond motifs is 1. The number of amides is 2. The van der Waals surface area contributed by atoms with Gasteiger partial charge in [-0.1, -0.05) is 27.7 Å². The highest BCUT2D eigenvalue weighted by atomic mass is 16.6. The van der Waals surface area contributed by atoms with E-state index in [0.717, 1.165) is 35.1 Å². The minimum Gasteiger partial charge on any atom is -0.444 e. The molecule has 0 saturated carbocycles. The second-order valence-electron chi connectivity index (χ2n) is 12.4. The summed E-state index contributed by atoms with van der Waals surface area (Å²) in [7, 11) is 0. The molecule has 2 amide bonds. The monoisotopic (exact) mass is 534 g/mol. The third-order valence-corrected chi connectivity index (χ3v) is 7.79. The van der Waals surface area contributed by atoms with Gasteiger partial charge in [0.15, 0.2) is 5.58 Å². The summed E-state index contributed by atoms with van der Waals surface area (Å²) >= 11 is 0. The third kappa shape index (κ3) is 6.37. The van der Waals surface area contributed by atoms with E-state index < -0.39 is 5.60 Å². The van der Waals surface area contributed by atoms with Crippen LogP contribution in [0.25, 0.3) is 22.6 Å². The van der Waals surface area contributed by atoms with Crippen molar-refractivity contribution in [2.75, 3.05) is 25.4 Å². The SMILES string of the molecule is CC(C)c1cc(N)cc2nc(-c3ccc(C(=O)NCC4(C(C)C)CCN(C(=O)OC(C)(C)C)CC4)cc3)oc12. The maximum Gasteiger partial charge on any atom is 0.410 e. The Morgan fingerprint density at radius 1 is 1.10 bits per heavy atom. The lowest BCUT2D eigenvalue weighted by atomic mass is 9.70. The number of carbonyl (C=O) groups is 2. The van der Waals surface area contributed by atoms with E-state index in [-0.39, 0.29) is 23.3 Å². The fourth-order valence-electron chi connectivity index (χ4n) is 5.18. The predicted molar refractivity (Wildman–Crippen MR) is 155 cm³/mol. The number of aromatic nitrogens is 1. The molecular formula is C31H42N4O4. The molecule has 0 aliphatic carbocycles. The molecule has 1 aliphatic heterocycles. The zero-order valence-corrected chi connectivity index (χ0v) is 24.3. The summed E-state index contributed by atoms with van der Waals surface area (Å²) in [4.78, 5) is 32.0. The van der Waals surface area contributed by atoms with Crippen LogP contribution in [0, 0.1) is 11.3 Å². The van der Waals surface area contributed by atoms with Crippen LogP contribution in [0.5, 0.6) is 0 Å². The van der Waals surface area contributed by atoms with E-state index in [2.05, 4.69) is 38.0 Å². The van der Waals surface area contributed by atoms with Crippen LogP contribution in [0.2, 0.25) is 0 Å². The fraction of sp³-hybridized carbons (Fsp3) is 0.516. The van der Waals surface area contributed by atoms with Gasteiger partial charge in [0.05, 0.1) is 0 Å². The van der Waals surface area contributed by atoms with Crippen molar-refractivity contribution in [2.45, 2.75) is 72.8 Å². The van der Waals surface area contributed by atoms with Crippen LogP contribution >= 0.6 is 0 Å². The number of hydrogen-bond donors (Lipinski definition) is 2. The number of piperidine rings is 1. The summed E-state index contributed by atoms with van der Waals surface area (Å²) in [6, 6.07) is 11.1. The maximum atomic E-state index is 13.1. The lowest BCUT2D eigenvalue weighted by molar-refractivity contribution is 0.00265. The number of anilines is 1. The molecule has 210 valence electrons. The van der Waals surface area contributed by atoms with Crippen LogP contribution in [0.3, 0.4) is 0 Å². The van der Waals surface area contributed by atoms with E-state index in [0.29, 0.717) is 42.7 Å². The Bertz CT molecular complexity index is 1330. The zero-order valence-electron chi connectivity index (χ0n) is 24.3. The van der Waals surface area contributed by atoms with Gasteiger partial charge in [0, 0.05) is 42.0 Å². The molecule has 1 aliphatic rings. The van der Waals surface area contributed by atoms with Gasteiger partial charge in [0.2, 0.25) is 5.89 Å². The van der Waals surface area contributed by atoms with Gasteiger partial charge >= 0.3 is 6.09 Å². The van der Waals surface area contributed by atoms with E-state index in [1.54, 1.807) is 17.0 Å². The molecule has 3 N–H and O–H groups in total. The Hall–Kier alpha value is -3.55. The van der Waals surface area contributed by atoms with Gasteiger partial charge in [-0.25, -0.2) is 9.78 Å². The fourth-order valence-corrected chi connectivity index (χ4v) is 5.18. The topological polar surface area (TPSA) is 111 Å². The molecule has 8 nitrogen and oxygen atoms in total. The normalized spacial score (nSPS) is 15.7. The van der Waals surface area contributed by atoms with Crippen molar-refractivity contribution in [1.82, 2.24) is 15.2 Å². The highest BCUT2D eigenvalue weighted by Gasteiger charge is 2.39. The van der Waals surface area contributed by atoms with Crippen molar-refractivity contribution < 1.29 is 18.7 Å².